The van der Waals surface area contributed by atoms with Gasteiger partial charge in [-0.2, -0.15) is 0 Å². The van der Waals surface area contributed by atoms with Crippen molar-refractivity contribution in [2.45, 2.75) is 217 Å². The molecule has 0 bridgehead atoms. The van der Waals surface area contributed by atoms with E-state index in [1.54, 1.807) is 0 Å². The summed E-state index contributed by atoms with van der Waals surface area (Å²) in [6.07, 6.45) is 34.3. The van der Waals surface area contributed by atoms with E-state index in [-0.39, 0.29) is 0 Å². The summed E-state index contributed by atoms with van der Waals surface area (Å²) in [7, 11) is 0. The molecule has 55 heavy (non-hydrogen) atoms. The van der Waals surface area contributed by atoms with Crippen LogP contribution in [0, 0.1) is 11.8 Å². The molecule has 0 spiro atoms. The van der Waals surface area contributed by atoms with Gasteiger partial charge in [-0.15, -0.1) is 0 Å². The third kappa shape index (κ3) is 36.3. The summed E-state index contributed by atoms with van der Waals surface area (Å²) in [5, 5.41) is 0. The monoisotopic (exact) mass is 885 g/mol. The first-order chi connectivity index (χ1) is 26.5. The number of esters is 2. The predicted octanol–water partition coefficient (Wildman–Crippen LogP) is 13.2. The van der Waals surface area contributed by atoms with Crippen molar-refractivity contribution in [3.8, 4) is 0 Å². The molecule has 0 fully saturated rings. The van der Waals surface area contributed by atoms with Crippen molar-refractivity contribution >= 4 is 43.1 Å². The molecule has 0 aliphatic carbocycles. The van der Waals surface area contributed by atoms with Crippen LogP contribution in [0.4, 0.5) is 0 Å². The van der Waals surface area contributed by atoms with Crippen LogP contribution in [0.1, 0.15) is 208 Å². The Kier molecular flexibility index (Phi) is 36.5. The Balaban J connectivity index is 4.51. The molecule has 0 saturated carbocycles. The minimum Gasteiger partial charge on any atom is -0.0628 e. The third-order valence-electron chi connectivity index (χ3n) is 9.95. The molecular formula is C46H84O8Sn. The normalized spacial score (nSPS) is 11.9. The molecule has 0 aromatic heterocycles. The van der Waals surface area contributed by atoms with Gasteiger partial charge in [-0.05, 0) is 11.8 Å². The number of unbranched alkanes of at least 4 members (excludes halogenated alkanes) is 20. The first-order valence-corrected chi connectivity index (χ1v) is 29.1. The molecule has 0 aliphatic heterocycles. The van der Waals surface area contributed by atoms with E-state index in [1.165, 1.54) is 103 Å². The minimum atomic E-state index is -4.28. The van der Waals surface area contributed by atoms with E-state index in [9.17, 15) is 19.2 Å². The number of ether oxygens (including phenoxy) is 2. The average molecular weight is 884 g/mol. The molecule has 0 aliphatic rings. The molecule has 0 aromatic rings. The minimum absolute atomic E-state index is 0.315. The zero-order valence-corrected chi connectivity index (χ0v) is 39.3. The summed E-state index contributed by atoms with van der Waals surface area (Å²) in [6, 6.07) is 0. The second-order valence-electron chi connectivity index (χ2n) is 16.4. The Labute approximate surface area is 343 Å². The second kappa shape index (κ2) is 37.7. The van der Waals surface area contributed by atoms with Crippen LogP contribution in [-0.4, -0.2) is 56.3 Å². The number of rotatable bonds is 38. The summed E-state index contributed by atoms with van der Waals surface area (Å²) < 4.78 is 23.5. The molecule has 0 saturated heterocycles. The SMILES string of the molecule is CCC[CH2][Sn]([CH2]CCC)([O]C(=O)/C=C\C(=O)OCCCCCCCCCCCCC(C)C)[O]C(=O)/C=C\C(=O)OCCCCCCCCCCCCC(C)C. The quantitative estimate of drug-likeness (QED) is 0.0261. The van der Waals surface area contributed by atoms with Crippen molar-refractivity contribution < 1.29 is 34.8 Å². The Morgan fingerprint density at radius 1 is 0.400 bits per heavy atom. The maximum absolute atomic E-state index is 12.9. The van der Waals surface area contributed by atoms with Crippen LogP contribution < -0.4 is 0 Å². The van der Waals surface area contributed by atoms with E-state index in [1.807, 2.05) is 13.8 Å². The summed E-state index contributed by atoms with van der Waals surface area (Å²) in [6.45, 7) is 13.8. The Morgan fingerprint density at radius 3 is 0.964 bits per heavy atom. The van der Waals surface area contributed by atoms with Crippen molar-refractivity contribution in [3.05, 3.63) is 24.3 Å². The molecule has 0 unspecified atom stereocenters. The molecule has 8 nitrogen and oxygen atoms in total. The first kappa shape index (κ1) is 53.2. The van der Waals surface area contributed by atoms with Crippen LogP contribution in [0.5, 0.6) is 0 Å². The summed E-state index contributed by atoms with van der Waals surface area (Å²) >= 11 is -4.28. The zero-order valence-electron chi connectivity index (χ0n) is 36.4. The molecule has 0 N–H and O–H groups in total. The summed E-state index contributed by atoms with van der Waals surface area (Å²) in [5.41, 5.74) is 0. The van der Waals surface area contributed by atoms with Crippen LogP contribution >= 0.6 is 0 Å². The van der Waals surface area contributed by atoms with E-state index in [4.69, 9.17) is 15.6 Å². The third-order valence-corrected chi connectivity index (χ3v) is 19.6. The average Bonchev–Trinajstić information content (AvgIpc) is 3.14. The van der Waals surface area contributed by atoms with Crippen LogP contribution in [0.25, 0.3) is 0 Å². The predicted molar refractivity (Wildman–Crippen MR) is 229 cm³/mol. The van der Waals surface area contributed by atoms with Gasteiger partial charge in [0.15, 0.2) is 0 Å². The summed E-state index contributed by atoms with van der Waals surface area (Å²) in [5.74, 6) is -0.966. The van der Waals surface area contributed by atoms with Gasteiger partial charge in [-0.25, -0.2) is 0 Å². The van der Waals surface area contributed by atoms with Crippen molar-refractivity contribution in [2.75, 3.05) is 13.2 Å². The van der Waals surface area contributed by atoms with Crippen LogP contribution in [-0.2, 0) is 34.8 Å². The van der Waals surface area contributed by atoms with Crippen molar-refractivity contribution in [3.63, 3.8) is 0 Å². The van der Waals surface area contributed by atoms with Gasteiger partial charge in [-0.1, -0.05) is 105 Å². The molecule has 9 heteroatoms. The maximum atomic E-state index is 12.9. The fourth-order valence-corrected chi connectivity index (χ4v) is 16.1. The number of carbonyl (C=O) groups is 4. The van der Waals surface area contributed by atoms with E-state index in [0.717, 1.165) is 100 Å². The van der Waals surface area contributed by atoms with E-state index in [0.29, 0.717) is 22.1 Å². The van der Waals surface area contributed by atoms with E-state index < -0.39 is 43.1 Å². The molecule has 0 radical (unpaired) electrons. The molecule has 0 aromatic carbocycles. The molecule has 0 rings (SSSR count). The standard InChI is InChI=1S/2C19H34O4.2C4H9.Sn/c2*1-17(2)13-11-9-7-5-3-4-6-8-10-12-16-23-19(22)15-14-18(20)21;2*1-3-4-2;/h2*14-15,17H,3-13,16H2,1-2H3,(H,20,21);2*1,3-4H2,2H3;/q;;;;+2/p-2/b2*15-14-;;;. The number of carbonyl (C=O) groups excluding carboxylic acids is 4. The van der Waals surface area contributed by atoms with Gasteiger partial charge < -0.3 is 0 Å². The topological polar surface area (TPSA) is 105 Å². The van der Waals surface area contributed by atoms with E-state index >= 15 is 0 Å². The van der Waals surface area contributed by atoms with Crippen LogP contribution in [0.2, 0.25) is 8.87 Å². The summed E-state index contributed by atoms with van der Waals surface area (Å²) in [4.78, 5) is 50.4. The van der Waals surface area contributed by atoms with Gasteiger partial charge in [0.2, 0.25) is 0 Å². The fraction of sp³-hybridized carbons (Fsp3) is 0.826. The Hall–Kier alpha value is -1.84. The molecule has 0 amide bonds. The first-order valence-electron chi connectivity index (χ1n) is 22.7. The van der Waals surface area contributed by atoms with Gasteiger partial charge in [0.25, 0.3) is 0 Å². The zero-order chi connectivity index (χ0) is 40.8. The molecular weight excluding hydrogens is 799 g/mol. The molecule has 320 valence electrons. The molecule has 0 heterocycles. The van der Waals surface area contributed by atoms with Crippen molar-refractivity contribution in [1.82, 2.24) is 0 Å². The van der Waals surface area contributed by atoms with Crippen LogP contribution in [0.15, 0.2) is 24.3 Å². The van der Waals surface area contributed by atoms with Gasteiger partial charge in [0.1, 0.15) is 0 Å². The van der Waals surface area contributed by atoms with E-state index in [2.05, 4.69) is 27.7 Å². The van der Waals surface area contributed by atoms with Crippen molar-refractivity contribution in [1.29, 1.82) is 0 Å². The van der Waals surface area contributed by atoms with Gasteiger partial charge in [0.05, 0.1) is 0 Å². The second-order valence-corrected chi connectivity index (χ2v) is 25.6. The smallest absolute Gasteiger partial charge is 0.0628 e. The molecule has 0 atom stereocenters. The Bertz CT molecular complexity index is 941. The number of hydrogen-bond acceptors (Lipinski definition) is 8. The number of hydrogen-bond donors (Lipinski definition) is 0. The van der Waals surface area contributed by atoms with Crippen LogP contribution in [0.3, 0.4) is 0 Å². The fourth-order valence-electron chi connectivity index (χ4n) is 6.53. The van der Waals surface area contributed by atoms with Crippen molar-refractivity contribution in [2.24, 2.45) is 11.8 Å². The van der Waals surface area contributed by atoms with Gasteiger partial charge in [0, 0.05) is 0 Å². The van der Waals surface area contributed by atoms with Gasteiger partial charge in [-0.3, -0.25) is 0 Å². The Morgan fingerprint density at radius 2 is 0.673 bits per heavy atom. The van der Waals surface area contributed by atoms with Gasteiger partial charge >= 0.3 is 228 Å².